The van der Waals surface area contributed by atoms with Crippen molar-refractivity contribution in [1.82, 2.24) is 10.2 Å². The second kappa shape index (κ2) is 5.68. The van der Waals surface area contributed by atoms with Gasteiger partial charge in [0.15, 0.2) is 0 Å². The molecule has 1 heterocycles. The van der Waals surface area contributed by atoms with Crippen molar-refractivity contribution >= 4 is 0 Å². The summed E-state index contributed by atoms with van der Waals surface area (Å²) < 4.78 is 0. The Labute approximate surface area is 106 Å². The summed E-state index contributed by atoms with van der Waals surface area (Å²) in [5, 5.41) is 13.2. The quantitative estimate of drug-likeness (QED) is 0.784. The molecule has 5 unspecified atom stereocenters. The van der Waals surface area contributed by atoms with Crippen LogP contribution < -0.4 is 5.32 Å². The Morgan fingerprint density at radius 3 is 2.71 bits per heavy atom. The van der Waals surface area contributed by atoms with Crippen molar-refractivity contribution in [2.45, 2.75) is 57.7 Å². The van der Waals surface area contributed by atoms with E-state index in [0.29, 0.717) is 30.7 Å². The van der Waals surface area contributed by atoms with Gasteiger partial charge in [-0.1, -0.05) is 13.3 Å². The van der Waals surface area contributed by atoms with Gasteiger partial charge in [-0.15, -0.1) is 0 Å². The molecule has 100 valence electrons. The number of hydrogen-bond acceptors (Lipinski definition) is 3. The van der Waals surface area contributed by atoms with Crippen LogP contribution in [-0.2, 0) is 0 Å². The van der Waals surface area contributed by atoms with Crippen molar-refractivity contribution in [2.24, 2.45) is 11.8 Å². The molecule has 0 aromatic rings. The van der Waals surface area contributed by atoms with Crippen molar-refractivity contribution in [3.05, 3.63) is 0 Å². The molecule has 2 rings (SSSR count). The van der Waals surface area contributed by atoms with Crippen molar-refractivity contribution in [2.75, 3.05) is 20.2 Å². The molecule has 0 bridgehead atoms. The highest BCUT2D eigenvalue weighted by Gasteiger charge is 2.33. The molecule has 3 heteroatoms. The molecule has 1 aliphatic heterocycles. The van der Waals surface area contributed by atoms with Crippen LogP contribution in [0.1, 0.15) is 39.5 Å². The van der Waals surface area contributed by atoms with Crippen molar-refractivity contribution < 1.29 is 5.11 Å². The summed E-state index contributed by atoms with van der Waals surface area (Å²) in [4.78, 5) is 2.46. The maximum Gasteiger partial charge on any atom is 0.0474 e. The van der Waals surface area contributed by atoms with Gasteiger partial charge in [0.05, 0.1) is 0 Å². The molecule has 2 N–H and O–H groups in total. The minimum atomic E-state index is 0.355. The maximum atomic E-state index is 9.38. The number of aliphatic hydroxyl groups is 1. The van der Waals surface area contributed by atoms with Crippen LogP contribution >= 0.6 is 0 Å². The van der Waals surface area contributed by atoms with Gasteiger partial charge < -0.3 is 15.3 Å². The SMILES string of the molecule is CC1CN(C)C(C)CC1NC1CCCC1CO. The van der Waals surface area contributed by atoms with E-state index in [9.17, 15) is 5.11 Å². The van der Waals surface area contributed by atoms with Gasteiger partial charge >= 0.3 is 0 Å². The van der Waals surface area contributed by atoms with E-state index in [1.54, 1.807) is 0 Å². The Morgan fingerprint density at radius 2 is 2.00 bits per heavy atom. The molecular formula is C14H28N2O. The normalized spacial score (nSPS) is 44.1. The molecule has 3 nitrogen and oxygen atoms in total. The van der Waals surface area contributed by atoms with Gasteiger partial charge in [-0.2, -0.15) is 0 Å². The fourth-order valence-corrected chi connectivity index (χ4v) is 3.52. The van der Waals surface area contributed by atoms with Gasteiger partial charge in [-0.3, -0.25) is 0 Å². The first-order valence-electron chi connectivity index (χ1n) is 7.19. The van der Waals surface area contributed by atoms with E-state index in [1.165, 1.54) is 32.2 Å². The average Bonchev–Trinajstić information content (AvgIpc) is 2.73. The lowest BCUT2D eigenvalue weighted by molar-refractivity contribution is 0.106. The standard InChI is InChI=1S/C14H28N2O/c1-10-8-16(3)11(2)7-14(10)15-13-6-4-5-12(13)9-17/h10-15,17H,4-9H2,1-3H3. The van der Waals surface area contributed by atoms with E-state index in [0.717, 1.165) is 5.92 Å². The van der Waals surface area contributed by atoms with Gasteiger partial charge in [0.1, 0.15) is 0 Å². The maximum absolute atomic E-state index is 9.38. The zero-order valence-corrected chi connectivity index (χ0v) is 11.5. The highest BCUT2D eigenvalue weighted by molar-refractivity contribution is 4.91. The third kappa shape index (κ3) is 3.01. The van der Waals surface area contributed by atoms with Crippen LogP contribution in [0.25, 0.3) is 0 Å². The Kier molecular flexibility index (Phi) is 4.45. The molecule has 2 fully saturated rings. The number of nitrogens with zero attached hydrogens (tertiary/aromatic N) is 1. The van der Waals surface area contributed by atoms with Crippen LogP contribution in [0.3, 0.4) is 0 Å². The monoisotopic (exact) mass is 240 g/mol. The van der Waals surface area contributed by atoms with Gasteiger partial charge in [0.2, 0.25) is 0 Å². The van der Waals surface area contributed by atoms with E-state index < -0.39 is 0 Å². The van der Waals surface area contributed by atoms with Gasteiger partial charge in [-0.25, -0.2) is 0 Å². The van der Waals surface area contributed by atoms with E-state index in [2.05, 4.69) is 31.1 Å². The smallest absolute Gasteiger partial charge is 0.0474 e. The lowest BCUT2D eigenvalue weighted by Crippen LogP contribution is -2.54. The first-order chi connectivity index (χ1) is 8.11. The number of rotatable bonds is 3. The van der Waals surface area contributed by atoms with Crippen LogP contribution in [0.15, 0.2) is 0 Å². The second-order valence-electron chi connectivity index (χ2n) is 6.25. The molecule has 0 aromatic heterocycles. The molecule has 0 radical (unpaired) electrons. The molecular weight excluding hydrogens is 212 g/mol. The first-order valence-corrected chi connectivity index (χ1v) is 7.19. The molecule has 0 amide bonds. The number of nitrogens with one attached hydrogen (secondary N) is 1. The molecule has 0 aromatic carbocycles. The summed E-state index contributed by atoms with van der Waals surface area (Å²) >= 11 is 0. The summed E-state index contributed by atoms with van der Waals surface area (Å²) in [7, 11) is 2.23. The van der Waals surface area contributed by atoms with Crippen molar-refractivity contribution in [3.63, 3.8) is 0 Å². The first kappa shape index (κ1) is 13.3. The molecule has 1 saturated heterocycles. The van der Waals surface area contributed by atoms with E-state index in [1.807, 2.05) is 0 Å². The zero-order chi connectivity index (χ0) is 12.4. The fourth-order valence-electron chi connectivity index (χ4n) is 3.52. The third-order valence-corrected chi connectivity index (χ3v) is 4.93. The Bertz CT molecular complexity index is 246. The largest absolute Gasteiger partial charge is 0.396 e. The minimum Gasteiger partial charge on any atom is -0.396 e. The van der Waals surface area contributed by atoms with E-state index >= 15 is 0 Å². The second-order valence-corrected chi connectivity index (χ2v) is 6.25. The van der Waals surface area contributed by atoms with Gasteiger partial charge in [0, 0.05) is 31.3 Å². The van der Waals surface area contributed by atoms with Crippen LogP contribution in [0.4, 0.5) is 0 Å². The molecule has 1 aliphatic carbocycles. The number of likely N-dealkylation sites (tertiary alicyclic amines) is 1. The van der Waals surface area contributed by atoms with E-state index in [-0.39, 0.29) is 0 Å². The van der Waals surface area contributed by atoms with Crippen LogP contribution in [0.5, 0.6) is 0 Å². The number of piperidine rings is 1. The Balaban J connectivity index is 1.89. The highest BCUT2D eigenvalue weighted by Crippen LogP contribution is 2.28. The van der Waals surface area contributed by atoms with Crippen LogP contribution in [-0.4, -0.2) is 48.3 Å². The lowest BCUT2D eigenvalue weighted by atomic mass is 9.88. The minimum absolute atomic E-state index is 0.355. The third-order valence-electron chi connectivity index (χ3n) is 4.93. The predicted molar refractivity (Wildman–Crippen MR) is 71.0 cm³/mol. The number of hydrogen-bond donors (Lipinski definition) is 2. The molecule has 17 heavy (non-hydrogen) atoms. The molecule has 2 aliphatic rings. The summed E-state index contributed by atoms with van der Waals surface area (Å²) in [6, 6.07) is 1.87. The molecule has 5 atom stereocenters. The highest BCUT2D eigenvalue weighted by atomic mass is 16.3. The van der Waals surface area contributed by atoms with Crippen LogP contribution in [0, 0.1) is 11.8 Å². The van der Waals surface area contributed by atoms with Gasteiger partial charge in [0.25, 0.3) is 0 Å². The van der Waals surface area contributed by atoms with Crippen molar-refractivity contribution in [1.29, 1.82) is 0 Å². The molecule has 1 saturated carbocycles. The van der Waals surface area contributed by atoms with Crippen LogP contribution in [0.2, 0.25) is 0 Å². The Morgan fingerprint density at radius 1 is 1.24 bits per heavy atom. The summed E-state index contributed by atoms with van der Waals surface area (Å²) in [5.41, 5.74) is 0. The summed E-state index contributed by atoms with van der Waals surface area (Å²) in [6.07, 6.45) is 4.97. The van der Waals surface area contributed by atoms with E-state index in [4.69, 9.17) is 0 Å². The topological polar surface area (TPSA) is 35.5 Å². The lowest BCUT2D eigenvalue weighted by Gasteiger charge is -2.41. The average molecular weight is 240 g/mol. The molecule has 0 spiro atoms. The Hall–Kier alpha value is -0.120. The van der Waals surface area contributed by atoms with Crippen molar-refractivity contribution in [3.8, 4) is 0 Å². The summed E-state index contributed by atoms with van der Waals surface area (Å²) in [5.74, 6) is 1.22. The van der Waals surface area contributed by atoms with Gasteiger partial charge in [-0.05, 0) is 45.1 Å². The number of aliphatic hydroxyl groups excluding tert-OH is 1. The fraction of sp³-hybridized carbons (Fsp3) is 1.00. The summed E-state index contributed by atoms with van der Waals surface area (Å²) in [6.45, 7) is 6.21. The zero-order valence-electron chi connectivity index (χ0n) is 11.5. The predicted octanol–water partition coefficient (Wildman–Crippen LogP) is 1.47.